The van der Waals surface area contributed by atoms with E-state index in [2.05, 4.69) is 0 Å². The van der Waals surface area contributed by atoms with E-state index in [1.807, 2.05) is 4.98 Å². The number of nitrogens with one attached hydrogen (secondary N) is 1. The van der Waals surface area contributed by atoms with Crippen molar-refractivity contribution < 1.29 is 93.3 Å². The van der Waals surface area contributed by atoms with Gasteiger partial charge in [0.2, 0.25) is 0 Å². The van der Waals surface area contributed by atoms with Crippen molar-refractivity contribution in [1.82, 2.24) is 9.55 Å². The van der Waals surface area contributed by atoms with Crippen molar-refractivity contribution in [1.29, 1.82) is 0 Å². The second kappa shape index (κ2) is 15.1. The number of hydrogen-bond donors (Lipinski definition) is 2. The third-order valence-corrected chi connectivity index (χ3v) is 2.59. The van der Waals surface area contributed by atoms with Crippen LogP contribution < -0.4 is 72.8 Å². The van der Waals surface area contributed by atoms with Gasteiger partial charge in [-0.25, -0.2) is 4.79 Å². The molecule has 1 aliphatic heterocycles. The summed E-state index contributed by atoms with van der Waals surface area (Å²) in [7, 11) is 0. The van der Waals surface area contributed by atoms with Crippen LogP contribution in [0.3, 0.4) is 0 Å². The Morgan fingerprint density at radius 1 is 1.17 bits per heavy atom. The summed E-state index contributed by atoms with van der Waals surface area (Å²) >= 11 is 0. The average molecular weight is 471 g/mol. The van der Waals surface area contributed by atoms with Gasteiger partial charge in [-0.05, 0) is 0 Å². The van der Waals surface area contributed by atoms with Crippen LogP contribution in [0.25, 0.3) is 0 Å². The molecule has 0 aromatic carbocycles. The minimum absolute atomic E-state index is 0. The summed E-state index contributed by atoms with van der Waals surface area (Å²) in [6.45, 7) is -0.582. The molecule has 1 aliphatic rings. The quantitative estimate of drug-likeness (QED) is 0.385. The number of hydrogen-bond acceptors (Lipinski definition) is 10. The van der Waals surface area contributed by atoms with E-state index in [0.29, 0.717) is 0 Å². The summed E-state index contributed by atoms with van der Waals surface area (Å²) in [5.74, 6) is 0. The zero-order valence-corrected chi connectivity index (χ0v) is 17.5. The van der Waals surface area contributed by atoms with E-state index in [4.69, 9.17) is 9.84 Å². The zero-order valence-electron chi connectivity index (χ0n) is 11.8. The second-order valence-corrected chi connectivity index (χ2v) is 3.69. The summed E-state index contributed by atoms with van der Waals surface area (Å²) in [4.78, 5) is 24.2. The molecule has 1 fully saturated rings. The molecule has 0 amide bonds. The molecule has 0 bridgehead atoms. The van der Waals surface area contributed by atoms with Crippen LogP contribution in [-0.4, -0.2) is 85.9 Å². The average Bonchev–Trinajstić information content (AvgIpc) is 2.57. The molecule has 23 heavy (non-hydrogen) atoms. The molecular formula is C9H14KN2O10Sb. The monoisotopic (exact) mass is 470 g/mol. The topological polar surface area (TPSA) is 250 Å². The molecule has 2 heterocycles. The number of rotatable bonds is 2. The Balaban J connectivity index is -0.000000180. The number of ether oxygens (including phenoxy) is 1. The van der Waals surface area contributed by atoms with Crippen molar-refractivity contribution >= 4 is 24.4 Å². The van der Waals surface area contributed by atoms with Crippen LogP contribution in [-0.2, 0) is 4.74 Å². The molecule has 2 rings (SSSR count). The molecule has 126 valence electrons. The normalized spacial score (nSPS) is 24.3. The van der Waals surface area contributed by atoms with Crippen molar-refractivity contribution in [3.8, 4) is 0 Å². The third-order valence-electron chi connectivity index (χ3n) is 2.59. The summed E-state index contributed by atoms with van der Waals surface area (Å²) in [5, 5.41) is 31.8. The summed E-state index contributed by atoms with van der Waals surface area (Å²) in [6.07, 6.45) is -4.72. The minimum Gasteiger partial charge on any atom is -0.870 e. The van der Waals surface area contributed by atoms with Crippen LogP contribution in [0.5, 0.6) is 0 Å². The fraction of sp³-hybridized carbons (Fsp3) is 0.556. The first-order valence-corrected chi connectivity index (χ1v) is 4.94. The van der Waals surface area contributed by atoms with E-state index in [0.717, 1.165) is 16.8 Å². The molecule has 1 saturated heterocycles. The van der Waals surface area contributed by atoms with Gasteiger partial charge in [-0.15, -0.1) is 6.10 Å². The van der Waals surface area contributed by atoms with Gasteiger partial charge in [-0.1, -0.05) is 6.10 Å². The predicted octanol–water partition coefficient (Wildman–Crippen LogP) is -8.20. The number of H-pyrrole nitrogens is 1. The van der Waals surface area contributed by atoms with E-state index in [-0.39, 0.29) is 97.7 Å². The van der Waals surface area contributed by atoms with Crippen molar-refractivity contribution in [3.63, 3.8) is 0 Å². The van der Waals surface area contributed by atoms with E-state index in [1.165, 1.54) is 0 Å². The van der Waals surface area contributed by atoms with Gasteiger partial charge in [-0.2, -0.15) is 0 Å². The fourth-order valence-corrected chi connectivity index (χ4v) is 1.71. The Labute approximate surface area is 189 Å². The van der Waals surface area contributed by atoms with E-state index in [9.17, 15) is 19.8 Å². The van der Waals surface area contributed by atoms with E-state index in [1.54, 1.807) is 0 Å². The number of aromatic amines is 1. The van der Waals surface area contributed by atoms with Gasteiger partial charge in [0.15, 0.2) is 0 Å². The third kappa shape index (κ3) is 7.71. The minimum atomic E-state index is -1.71. The largest absolute Gasteiger partial charge is 5.00 e. The molecule has 12 nitrogen and oxygen atoms in total. The maximum absolute atomic E-state index is 11.6. The van der Waals surface area contributed by atoms with Crippen LogP contribution in [0.15, 0.2) is 21.9 Å². The molecule has 4 atom stereocenters. The van der Waals surface area contributed by atoms with E-state index >= 15 is 0 Å². The Morgan fingerprint density at radius 2 is 1.70 bits per heavy atom. The first-order chi connectivity index (χ1) is 8.04. The zero-order chi connectivity index (χ0) is 12.6. The summed E-state index contributed by atoms with van der Waals surface area (Å²) in [5.41, 5.74) is -1.43. The van der Waals surface area contributed by atoms with Crippen molar-refractivity contribution in [2.24, 2.45) is 0 Å². The molecule has 1 aromatic heterocycles. The van der Waals surface area contributed by atoms with Gasteiger partial charge in [0.05, 0.1) is 12.7 Å². The maximum atomic E-state index is 11.6. The Kier molecular flexibility index (Phi) is 23.0. The fourth-order valence-electron chi connectivity index (χ4n) is 1.71. The van der Waals surface area contributed by atoms with Gasteiger partial charge in [-0.3, -0.25) is 14.3 Å². The van der Waals surface area contributed by atoms with Gasteiger partial charge >= 0.3 is 81.5 Å². The summed E-state index contributed by atoms with van der Waals surface area (Å²) in [6, 6.07) is 1.05. The number of aliphatic hydroxyl groups is 1. The van der Waals surface area contributed by atoms with Crippen LogP contribution in [0.2, 0.25) is 0 Å². The van der Waals surface area contributed by atoms with Gasteiger partial charge in [0, 0.05) is 12.3 Å². The van der Waals surface area contributed by atoms with Crippen LogP contribution in [0.4, 0.5) is 0 Å². The molecule has 0 spiro atoms. The molecule has 0 saturated carbocycles. The van der Waals surface area contributed by atoms with Crippen molar-refractivity contribution in [2.45, 2.75) is 24.5 Å². The maximum Gasteiger partial charge on any atom is 5.00 e. The molecule has 14 heteroatoms. The van der Waals surface area contributed by atoms with Gasteiger partial charge in [0.1, 0.15) is 6.23 Å². The van der Waals surface area contributed by atoms with Crippen molar-refractivity contribution in [3.05, 3.63) is 33.1 Å². The molecule has 6 N–H and O–H groups in total. The van der Waals surface area contributed by atoms with Gasteiger partial charge < -0.3 is 42.0 Å². The molecule has 1 aromatic rings. The van der Waals surface area contributed by atoms with Crippen molar-refractivity contribution in [2.75, 3.05) is 6.61 Å². The molecule has 0 aliphatic carbocycles. The smallest absolute Gasteiger partial charge is 0.870 e. The van der Waals surface area contributed by atoms with Crippen LogP contribution in [0, 0.1) is 0 Å². The predicted molar refractivity (Wildman–Crippen MR) is 63.4 cm³/mol. The Morgan fingerprint density at radius 3 is 2.09 bits per heavy atom. The molecular weight excluding hydrogens is 457 g/mol. The Bertz CT molecular complexity index is 526. The molecule has 0 radical (unpaired) electrons. The Hall–Kier alpha value is 0.815. The number of aliphatic hydroxyl groups excluding tert-OH is 1. The number of aromatic nitrogens is 2. The first-order valence-electron chi connectivity index (χ1n) is 4.94. The van der Waals surface area contributed by atoms with Crippen LogP contribution in [0.1, 0.15) is 6.23 Å². The first kappa shape index (κ1) is 35.0. The number of nitrogens with zero attached hydrogens (tertiary/aromatic N) is 1. The SMILES string of the molecule is O=c1ccn([C@@H]2O[C@H](CO)[C@@H]([O-])[C@H]2[O-])c(=O)[nH]1.[K+].[OH-].[OH-].[OH-].[OH-].[Sb+5]. The standard InChI is InChI=1S/C9H10N2O6.K.4H2O.Sb/c12-3-4-6(14)7(15)8(17-4)11-2-1-5(13)10-9(11)16;;;;;;/h1-2,4,6-8,12H,3H2,(H,10,13,16);;4*1H2;/q-2;+1;;;;;+5/p-4/t4-,6-,7-,8-;;;;;;/m1....../s1. The molecule has 0 unspecified atom stereocenters. The van der Waals surface area contributed by atoms with Crippen LogP contribution >= 0.6 is 0 Å². The summed E-state index contributed by atoms with van der Waals surface area (Å²) < 4.78 is 5.85. The van der Waals surface area contributed by atoms with E-state index < -0.39 is 42.4 Å². The second-order valence-electron chi connectivity index (χ2n) is 3.69. The van der Waals surface area contributed by atoms with Gasteiger partial charge in [0.25, 0.3) is 5.56 Å².